The van der Waals surface area contributed by atoms with Crippen molar-refractivity contribution in [2.24, 2.45) is 0 Å². The zero-order chi connectivity index (χ0) is 37.5. The van der Waals surface area contributed by atoms with Crippen molar-refractivity contribution in [2.75, 3.05) is 0 Å². The summed E-state index contributed by atoms with van der Waals surface area (Å²) in [7, 11) is 0. The lowest BCUT2D eigenvalue weighted by atomic mass is 9.80. The minimum atomic E-state index is -0.430. The van der Waals surface area contributed by atoms with Crippen LogP contribution in [0.15, 0.2) is 150 Å². The molecule has 216 valence electrons. The molecule has 0 radical (unpaired) electrons. The number of rotatable bonds is 2. The molecule has 0 N–H and O–H groups in total. The molecule has 0 spiro atoms. The van der Waals surface area contributed by atoms with Gasteiger partial charge in [0, 0.05) is 16.2 Å². The first kappa shape index (κ1) is 19.0. The molecule has 0 atom stereocenters. The van der Waals surface area contributed by atoms with Gasteiger partial charge >= 0.3 is 0 Å². The molecule has 8 aromatic carbocycles. The SMILES string of the molecule is [2H]c1c([2H])c([2H])c2c(-c3cccc4oc5cc6ccccc6cc5c34)c3c([2H])c([2H])c([2H])c([2H])c3c(-c3ccc4c(c3)C(C)(C)c3ccccc3-4)c2c1[2H]. The second-order valence-corrected chi connectivity index (χ2v) is 12.7. The summed E-state index contributed by atoms with van der Waals surface area (Å²) in [5, 5.41) is 4.19. The maximum atomic E-state index is 9.48. The average molecular weight is 595 g/mol. The van der Waals surface area contributed by atoms with Crippen LogP contribution in [0, 0.1) is 0 Å². The normalized spacial score (nSPS) is 16.0. The van der Waals surface area contributed by atoms with Gasteiger partial charge in [0.2, 0.25) is 0 Å². The van der Waals surface area contributed by atoms with Crippen LogP contribution in [0.5, 0.6) is 0 Å². The maximum absolute atomic E-state index is 9.48. The van der Waals surface area contributed by atoms with Gasteiger partial charge in [0.05, 0.1) is 11.0 Å². The molecule has 0 amide bonds. The van der Waals surface area contributed by atoms with Crippen molar-refractivity contribution in [1.82, 2.24) is 0 Å². The third kappa shape index (κ3) is 3.40. The monoisotopic (exact) mass is 594 g/mol. The highest BCUT2D eigenvalue weighted by Gasteiger charge is 2.35. The van der Waals surface area contributed by atoms with E-state index in [2.05, 4.69) is 26.0 Å². The third-order valence-electron chi connectivity index (χ3n) is 9.88. The Bertz CT molecular complexity index is 3090. The van der Waals surface area contributed by atoms with E-state index in [0.29, 0.717) is 38.8 Å². The Hall–Kier alpha value is -5.66. The van der Waals surface area contributed by atoms with Gasteiger partial charge in [-0.05, 0) is 101 Å². The summed E-state index contributed by atoms with van der Waals surface area (Å²) in [6, 6.07) is 28.8. The Balaban J connectivity index is 1.44. The highest BCUT2D eigenvalue weighted by Crippen LogP contribution is 2.52. The van der Waals surface area contributed by atoms with Crippen molar-refractivity contribution >= 4 is 54.3 Å². The first-order valence-corrected chi connectivity index (χ1v) is 15.4. The molecule has 0 bridgehead atoms. The van der Waals surface area contributed by atoms with E-state index in [1.54, 1.807) is 0 Å². The van der Waals surface area contributed by atoms with Crippen LogP contribution in [0.2, 0.25) is 0 Å². The fraction of sp³-hybridized carbons (Fsp3) is 0.0667. The van der Waals surface area contributed by atoms with Crippen molar-refractivity contribution < 1.29 is 15.4 Å². The fourth-order valence-corrected chi connectivity index (χ4v) is 7.76. The van der Waals surface area contributed by atoms with Crippen LogP contribution in [0.3, 0.4) is 0 Å². The predicted octanol–water partition coefficient (Wildman–Crippen LogP) is 12.7. The van der Waals surface area contributed by atoms with Gasteiger partial charge in [0.25, 0.3) is 0 Å². The van der Waals surface area contributed by atoms with E-state index in [4.69, 9.17) is 9.90 Å². The second kappa shape index (κ2) is 9.19. The topological polar surface area (TPSA) is 13.1 Å². The van der Waals surface area contributed by atoms with E-state index in [9.17, 15) is 5.48 Å². The van der Waals surface area contributed by atoms with Gasteiger partial charge in [-0.3, -0.25) is 0 Å². The summed E-state index contributed by atoms with van der Waals surface area (Å²) in [5.41, 5.74) is 6.94. The lowest BCUT2D eigenvalue weighted by molar-refractivity contribution is 0.660. The van der Waals surface area contributed by atoms with Crippen molar-refractivity contribution in [3.05, 3.63) is 157 Å². The molecule has 1 heterocycles. The highest BCUT2D eigenvalue weighted by atomic mass is 16.3. The molecule has 0 saturated carbocycles. The molecule has 1 aromatic heterocycles. The van der Waals surface area contributed by atoms with E-state index in [1.807, 2.05) is 84.9 Å². The van der Waals surface area contributed by atoms with E-state index in [0.717, 1.165) is 32.8 Å². The third-order valence-corrected chi connectivity index (χ3v) is 9.88. The molecule has 10 rings (SSSR count). The molecular weight excluding hydrogens is 556 g/mol. The van der Waals surface area contributed by atoms with Crippen molar-refractivity contribution in [3.63, 3.8) is 0 Å². The van der Waals surface area contributed by atoms with Crippen LogP contribution in [0.1, 0.15) is 35.9 Å². The molecule has 9 aromatic rings. The Labute approximate surface area is 278 Å². The van der Waals surface area contributed by atoms with Crippen LogP contribution in [-0.2, 0) is 5.41 Å². The van der Waals surface area contributed by atoms with Gasteiger partial charge in [-0.25, -0.2) is 0 Å². The molecule has 0 aliphatic heterocycles. The van der Waals surface area contributed by atoms with Crippen molar-refractivity contribution in [3.8, 4) is 33.4 Å². The Morgan fingerprint density at radius 2 is 1.11 bits per heavy atom. The van der Waals surface area contributed by atoms with Crippen LogP contribution in [0.25, 0.3) is 87.6 Å². The summed E-state index contributed by atoms with van der Waals surface area (Å²) in [6.45, 7) is 4.30. The van der Waals surface area contributed by atoms with E-state index >= 15 is 0 Å². The molecule has 0 unspecified atom stereocenters. The van der Waals surface area contributed by atoms with Gasteiger partial charge < -0.3 is 4.42 Å². The predicted molar refractivity (Wildman–Crippen MR) is 195 cm³/mol. The number of furan rings is 1. The Kier molecular flexibility index (Phi) is 3.79. The quantitative estimate of drug-likeness (QED) is 0.181. The van der Waals surface area contributed by atoms with Crippen LogP contribution >= 0.6 is 0 Å². The molecule has 46 heavy (non-hydrogen) atoms. The minimum absolute atomic E-state index is 0.180. The maximum Gasteiger partial charge on any atom is 0.136 e. The number of hydrogen-bond acceptors (Lipinski definition) is 1. The van der Waals surface area contributed by atoms with Gasteiger partial charge in [-0.2, -0.15) is 0 Å². The van der Waals surface area contributed by atoms with Gasteiger partial charge in [0.1, 0.15) is 11.2 Å². The number of benzene rings is 8. The van der Waals surface area contributed by atoms with Crippen LogP contribution in [-0.4, -0.2) is 0 Å². The zero-order valence-corrected chi connectivity index (χ0v) is 25.1. The summed E-state index contributed by atoms with van der Waals surface area (Å²) < 4.78 is 79.9. The first-order chi connectivity index (χ1) is 25.9. The number of hydrogen-bond donors (Lipinski definition) is 0. The summed E-state index contributed by atoms with van der Waals surface area (Å²) in [6.07, 6.45) is 0. The van der Waals surface area contributed by atoms with Gasteiger partial charge in [-0.15, -0.1) is 0 Å². The molecule has 0 saturated heterocycles. The van der Waals surface area contributed by atoms with Gasteiger partial charge in [-0.1, -0.05) is 135 Å². The molecular formula is C45H30O. The largest absolute Gasteiger partial charge is 0.456 e. The van der Waals surface area contributed by atoms with Crippen molar-refractivity contribution in [2.45, 2.75) is 19.3 Å². The molecule has 1 aliphatic carbocycles. The highest BCUT2D eigenvalue weighted by molar-refractivity contribution is 6.26. The Morgan fingerprint density at radius 3 is 1.85 bits per heavy atom. The standard InChI is InChI=1S/C45H30O/c1-45(2)38-20-10-9-14-30(38)31-23-22-29(25-39(31)45)42-32-15-5-7-17-34(32)43(35-18-8-6-16-33(35)42)36-19-11-21-40-44(36)37-24-27-12-3-4-13-28(27)26-41(37)46-40/h3-26H,1-2H3/i5D,6D,7D,8D,15D,16D,17D,18D. The van der Waals surface area contributed by atoms with E-state index < -0.39 is 29.6 Å². The summed E-state index contributed by atoms with van der Waals surface area (Å²) in [5.74, 6) is 0. The Morgan fingerprint density at radius 1 is 0.500 bits per heavy atom. The second-order valence-electron chi connectivity index (χ2n) is 12.7. The lowest BCUT2D eigenvalue weighted by Crippen LogP contribution is -2.14. The van der Waals surface area contributed by atoms with E-state index in [1.165, 1.54) is 5.56 Å². The van der Waals surface area contributed by atoms with Crippen molar-refractivity contribution in [1.29, 1.82) is 0 Å². The smallest absolute Gasteiger partial charge is 0.136 e. The van der Waals surface area contributed by atoms with Gasteiger partial charge in [0.15, 0.2) is 0 Å². The minimum Gasteiger partial charge on any atom is -0.456 e. The summed E-state index contributed by atoms with van der Waals surface area (Å²) >= 11 is 0. The van der Waals surface area contributed by atoms with Crippen LogP contribution < -0.4 is 0 Å². The zero-order valence-electron chi connectivity index (χ0n) is 33.1. The molecule has 1 nitrogen and oxygen atoms in total. The molecule has 1 aliphatic rings. The van der Waals surface area contributed by atoms with Crippen LogP contribution in [0.4, 0.5) is 0 Å². The molecule has 1 heteroatoms. The van der Waals surface area contributed by atoms with E-state index in [-0.39, 0.29) is 45.7 Å². The first-order valence-electron chi connectivity index (χ1n) is 19.4. The molecule has 0 fully saturated rings. The number of fused-ring (bicyclic) bond motifs is 9. The summed E-state index contributed by atoms with van der Waals surface area (Å²) in [4.78, 5) is 0. The lowest BCUT2D eigenvalue weighted by Gasteiger charge is -2.23. The fourth-order valence-electron chi connectivity index (χ4n) is 7.76. The average Bonchev–Trinajstić information content (AvgIpc) is 3.66.